The van der Waals surface area contributed by atoms with E-state index in [4.69, 9.17) is 11.8 Å². The zero-order chi connectivity index (χ0) is 11.7. The second-order valence-electron chi connectivity index (χ2n) is 2.36. The summed E-state index contributed by atoms with van der Waals surface area (Å²) in [5.74, 6) is 0.682. The molecule has 0 aromatic heterocycles. The summed E-state index contributed by atoms with van der Waals surface area (Å²) in [6.45, 7) is 0.0479. The summed E-state index contributed by atoms with van der Waals surface area (Å²) in [5, 5.41) is 0. The minimum atomic E-state index is -0.0577. The van der Waals surface area contributed by atoms with E-state index in [0.29, 0.717) is 5.56 Å². The molecule has 0 aliphatic heterocycles. The van der Waals surface area contributed by atoms with Crippen LogP contribution < -0.4 is 10.5 Å². The number of rotatable bonds is 3. The Bertz CT molecular complexity index is 341. The Hall–Kier alpha value is -1.79. The quantitative estimate of drug-likeness (QED) is 0.576. The molecule has 0 aliphatic rings. The van der Waals surface area contributed by atoms with Crippen molar-refractivity contribution in [3.63, 3.8) is 0 Å². The van der Waals surface area contributed by atoms with Crippen molar-refractivity contribution in [1.29, 1.82) is 0 Å². The highest BCUT2D eigenvalue weighted by Crippen LogP contribution is 2.11. The van der Waals surface area contributed by atoms with Gasteiger partial charge in [-0.3, -0.25) is 4.79 Å². The van der Waals surface area contributed by atoms with Gasteiger partial charge < -0.3 is 10.5 Å². The summed E-state index contributed by atoms with van der Waals surface area (Å²) in [4.78, 5) is 11.0. The molecule has 1 rings (SSSR count). The fourth-order valence-corrected chi connectivity index (χ4v) is 0.895. The zero-order valence-electron chi connectivity index (χ0n) is 8.99. The van der Waals surface area contributed by atoms with Crippen LogP contribution in [-0.4, -0.2) is 19.4 Å². The van der Waals surface area contributed by atoms with Crippen molar-refractivity contribution in [2.75, 3.05) is 13.7 Å². The minimum Gasteiger partial charge on any atom is -0.497 e. The van der Waals surface area contributed by atoms with Gasteiger partial charge in [-0.25, -0.2) is 0 Å². The first-order valence-electron chi connectivity index (χ1n) is 4.44. The van der Waals surface area contributed by atoms with E-state index in [1.807, 2.05) is 0 Å². The van der Waals surface area contributed by atoms with E-state index in [1.54, 1.807) is 31.4 Å². The number of carbonyl (C=O) groups excluding carboxylic acids is 1. The van der Waals surface area contributed by atoms with Gasteiger partial charge in [0.25, 0.3) is 0 Å². The number of ketones is 1. The van der Waals surface area contributed by atoms with Crippen molar-refractivity contribution in [2.45, 2.75) is 0 Å². The van der Waals surface area contributed by atoms with Crippen LogP contribution in [0.3, 0.4) is 0 Å². The number of carbonyl (C=O) groups is 1. The fourth-order valence-electron chi connectivity index (χ4n) is 0.895. The molecule has 0 saturated carbocycles. The van der Waals surface area contributed by atoms with Crippen LogP contribution in [0, 0.1) is 12.8 Å². The molecule has 3 nitrogen and oxygen atoms in total. The SMILES string of the molecule is COc1ccc(C(=O)CN)cc1.[2H]C#C. The first-order valence-corrected chi connectivity index (χ1v) is 3.94. The number of ether oxygens (including phenoxy) is 1. The molecule has 0 aliphatic carbocycles. The first-order chi connectivity index (χ1) is 7.19. The van der Waals surface area contributed by atoms with Crippen molar-refractivity contribution >= 4 is 5.78 Å². The van der Waals surface area contributed by atoms with Gasteiger partial charge >= 0.3 is 0 Å². The maximum Gasteiger partial charge on any atom is 0.176 e. The van der Waals surface area contributed by atoms with Crippen molar-refractivity contribution in [3.05, 3.63) is 29.8 Å². The smallest absolute Gasteiger partial charge is 0.176 e. The molecule has 0 radical (unpaired) electrons. The van der Waals surface area contributed by atoms with E-state index in [9.17, 15) is 4.79 Å². The van der Waals surface area contributed by atoms with Gasteiger partial charge in [-0.15, -0.1) is 12.8 Å². The van der Waals surface area contributed by atoms with Gasteiger partial charge in [0.1, 0.15) is 7.12 Å². The molecule has 3 heteroatoms. The number of terminal acetylenes is 1. The number of hydrogen-bond donors (Lipinski definition) is 1. The molecule has 0 unspecified atom stereocenters. The Morgan fingerprint density at radius 1 is 1.57 bits per heavy atom. The third-order valence-corrected chi connectivity index (χ3v) is 1.60. The van der Waals surface area contributed by atoms with Crippen LogP contribution in [0.1, 0.15) is 11.7 Å². The summed E-state index contributed by atoms with van der Waals surface area (Å²) in [6.07, 6.45) is 5.76. The molecule has 1 aromatic rings. The molecule has 74 valence electrons. The second kappa shape index (κ2) is 6.70. The summed E-state index contributed by atoms with van der Waals surface area (Å²) in [6, 6.07) is 6.88. The predicted molar refractivity (Wildman–Crippen MR) is 56.3 cm³/mol. The van der Waals surface area contributed by atoms with E-state index in [0.717, 1.165) is 5.75 Å². The van der Waals surface area contributed by atoms with Crippen LogP contribution in [0.25, 0.3) is 0 Å². The highest BCUT2D eigenvalue weighted by Gasteiger charge is 2.01. The highest BCUT2D eigenvalue weighted by atomic mass is 16.5. The first kappa shape index (κ1) is 10.3. The number of nitrogens with two attached hydrogens (primary N) is 1. The van der Waals surface area contributed by atoms with Crippen molar-refractivity contribution < 1.29 is 10.9 Å². The molecule has 0 atom stereocenters. The second-order valence-corrected chi connectivity index (χ2v) is 2.36. The van der Waals surface area contributed by atoms with Gasteiger partial charge in [0.15, 0.2) is 5.78 Å². The zero-order valence-corrected chi connectivity index (χ0v) is 7.99. The third kappa shape index (κ3) is 3.30. The van der Waals surface area contributed by atoms with E-state index >= 15 is 0 Å². The lowest BCUT2D eigenvalue weighted by Gasteiger charge is -2.00. The molecule has 14 heavy (non-hydrogen) atoms. The molecule has 0 spiro atoms. The van der Waals surface area contributed by atoms with Gasteiger partial charge in [0.05, 0.1) is 13.7 Å². The van der Waals surface area contributed by atoms with E-state index < -0.39 is 0 Å². The summed E-state index contributed by atoms with van der Waals surface area (Å²) >= 11 is 0. The van der Waals surface area contributed by atoms with Crippen LogP contribution in [0.5, 0.6) is 5.75 Å². The molecule has 0 saturated heterocycles. The lowest BCUT2D eigenvalue weighted by atomic mass is 10.1. The Morgan fingerprint density at radius 2 is 2.07 bits per heavy atom. The van der Waals surface area contributed by atoms with Crippen molar-refractivity contribution in [2.24, 2.45) is 5.73 Å². The van der Waals surface area contributed by atoms with Crippen LogP contribution >= 0.6 is 0 Å². The predicted octanol–water partition coefficient (Wildman–Crippen LogP) is 1.09. The number of benzene rings is 1. The Balaban J connectivity index is 0.000000583. The maximum absolute atomic E-state index is 11.0. The van der Waals surface area contributed by atoms with Crippen LogP contribution in [0.2, 0.25) is 0 Å². The average Bonchev–Trinajstić information content (AvgIpc) is 2.29. The van der Waals surface area contributed by atoms with Crippen LogP contribution in [-0.2, 0) is 0 Å². The summed E-state index contributed by atoms with van der Waals surface area (Å²) in [7, 11) is 1.58. The third-order valence-electron chi connectivity index (χ3n) is 1.60. The Labute approximate surface area is 85.3 Å². The standard InChI is InChI=1S/C9H11NO2.C2H2/c1-12-8-4-2-7(3-5-8)9(11)6-10;1-2/h2-5H,6,10H2,1H3;1-2H/i;1D. The topological polar surface area (TPSA) is 52.3 Å². The number of Topliss-reactive ketones (excluding diaryl/α,β-unsaturated/α-hetero) is 1. The minimum absolute atomic E-state index is 0.0479. The fraction of sp³-hybridized carbons (Fsp3) is 0.182. The van der Waals surface area contributed by atoms with Crippen LogP contribution in [0.4, 0.5) is 0 Å². The summed E-state index contributed by atoms with van der Waals surface area (Å²) in [5.41, 5.74) is 5.82. The normalized spacial score (nSPS) is 8.79. The number of hydrogen-bond acceptors (Lipinski definition) is 3. The van der Waals surface area contributed by atoms with Gasteiger partial charge in [0, 0.05) is 5.56 Å². The van der Waals surface area contributed by atoms with Gasteiger partial charge in [-0.05, 0) is 24.3 Å². The molecule has 0 fully saturated rings. The molecular weight excluding hydrogens is 178 g/mol. The molecule has 0 heterocycles. The lowest BCUT2D eigenvalue weighted by Crippen LogP contribution is -2.13. The lowest BCUT2D eigenvalue weighted by molar-refractivity contribution is 0.100. The van der Waals surface area contributed by atoms with Crippen molar-refractivity contribution in [1.82, 2.24) is 0 Å². The van der Waals surface area contributed by atoms with Gasteiger partial charge in [-0.2, -0.15) is 0 Å². The molecule has 0 bridgehead atoms. The Morgan fingerprint density at radius 3 is 2.43 bits per heavy atom. The molecule has 1 aromatic carbocycles. The largest absolute Gasteiger partial charge is 0.497 e. The van der Waals surface area contributed by atoms with Gasteiger partial charge in [-0.1, -0.05) is 0 Å². The average molecular weight is 192 g/mol. The van der Waals surface area contributed by atoms with Crippen molar-refractivity contribution in [3.8, 4) is 18.6 Å². The van der Waals surface area contributed by atoms with E-state index in [1.165, 1.54) is 6.40 Å². The van der Waals surface area contributed by atoms with Gasteiger partial charge in [0.2, 0.25) is 0 Å². The highest BCUT2D eigenvalue weighted by molar-refractivity contribution is 5.97. The monoisotopic (exact) mass is 192 g/mol. The number of methoxy groups -OCH3 is 1. The van der Waals surface area contributed by atoms with E-state index in [-0.39, 0.29) is 12.3 Å². The molecule has 2 N–H and O–H groups in total. The maximum atomic E-state index is 11.0. The molecule has 0 amide bonds. The van der Waals surface area contributed by atoms with E-state index in [2.05, 4.69) is 6.42 Å². The Kier molecular flexibility index (Phi) is 4.92. The summed E-state index contributed by atoms with van der Waals surface area (Å²) < 4.78 is 10.7. The van der Waals surface area contributed by atoms with Crippen LogP contribution in [0.15, 0.2) is 24.3 Å². The molecular formula is C11H13NO2.